The van der Waals surface area contributed by atoms with Crippen LogP contribution in [-0.2, 0) is 43.1 Å². The van der Waals surface area contributed by atoms with Crippen molar-refractivity contribution in [2.75, 3.05) is 14.2 Å². The van der Waals surface area contributed by atoms with Crippen molar-refractivity contribution in [3.63, 3.8) is 0 Å². The number of aliphatic carboxylic acids is 1. The average Bonchev–Trinajstić information content (AvgIpc) is 0.773. The van der Waals surface area contributed by atoms with E-state index in [-0.39, 0.29) is 30.4 Å². The van der Waals surface area contributed by atoms with E-state index in [1.54, 1.807) is 134 Å². The van der Waals surface area contributed by atoms with Gasteiger partial charge in [0.15, 0.2) is 28.6 Å². The molecule has 0 saturated heterocycles. The fourth-order valence-corrected chi connectivity index (χ4v) is 14.1. The molecule has 0 aliphatic carbocycles. The molecule has 3 amide bonds. The van der Waals surface area contributed by atoms with Crippen molar-refractivity contribution in [2.45, 2.75) is 51.2 Å². The lowest BCUT2D eigenvalue weighted by molar-refractivity contribution is -0.143. The number of carbonyl (C=O) groups is 11. The number of carboxylic acids is 4. The van der Waals surface area contributed by atoms with E-state index in [0.29, 0.717) is 151 Å². The maximum atomic E-state index is 14.6. The van der Waals surface area contributed by atoms with Crippen LogP contribution in [0.25, 0.3) is 80.6 Å². The van der Waals surface area contributed by atoms with Crippen molar-refractivity contribution in [3.05, 3.63) is 352 Å². The van der Waals surface area contributed by atoms with Gasteiger partial charge in [0.25, 0.3) is 17.7 Å². The Kier molecular flexibility index (Phi) is 31.1. The summed E-state index contributed by atoms with van der Waals surface area (Å²) in [6.45, 7) is 23.8. The summed E-state index contributed by atoms with van der Waals surface area (Å²) in [6.07, 6.45) is 4.24. The normalized spacial score (nSPS) is 11.3. The number of ketones is 2. The molecule has 10 aromatic carbocycles. The average molecular weight is 1830 g/mol. The number of hydrogen-bond donors (Lipinski definition) is 7. The van der Waals surface area contributed by atoms with Crippen LogP contribution >= 0.6 is 34.8 Å². The largest absolute Gasteiger partial charge is 0.480 e. The zero-order valence-electron chi connectivity index (χ0n) is 67.3. The number of halogens is 11. The summed E-state index contributed by atoms with van der Waals surface area (Å²) < 4.78 is 122. The lowest BCUT2D eigenvalue weighted by atomic mass is 9.95. The molecule has 0 aliphatic rings. The number of ether oxygens (including phenoxy) is 2. The number of nitrogens with zero attached hydrogens (tertiary/aromatic N) is 6. The van der Waals surface area contributed by atoms with Gasteiger partial charge in [-0.3, -0.25) is 38.9 Å². The standard InChI is InChI=1S/C29H20ClF2N3O4.C28H18ClF2N3O5.C27H16ClF2N3O5.C9H6F2O3/c1-15(36)17-11-23(31)26(24(32)12-17)28(37)35-25(29(38)39-3)13-16-6-8-21(27-19(16)5-4-10-34-27)20-9-7-18(33-2)14-22(20)30;1-32-16-6-8-18(20(29)13-16)19-7-5-14(17-4-3-9-33-25(17)19)12-23(28(38)39-2)34-26(35)24-21(30)10-15(27(36)37)11-22(24)31;1-31-15-5-7-17(19(28)12-15)18-6-4-13(16-3-2-8-32-24(16)18)11-22(27(37)38)33-25(34)23-20(29)9-14(26(35)36)10-21(23)30;1-4(12)5-2-6(10)8(9(13)14)7(11)3-5/h4-12,14,25H,13H2,1,3H3,(H,35,37);3-11,13,23H,12H2,2H3,(H,34,35)(H,36,37);2-10,12,22H,11H2,(H,33,34)(H,35,36)(H,37,38);2-3H,1H3,(H,13,14)/t25-;23-;22-;/m000./s1. The summed E-state index contributed by atoms with van der Waals surface area (Å²) in [5, 5.41) is 45.6. The van der Waals surface area contributed by atoms with Crippen molar-refractivity contribution in [2.24, 2.45) is 0 Å². The molecule has 3 aromatic heterocycles. The van der Waals surface area contributed by atoms with E-state index < -0.39 is 163 Å². The third-order valence-electron chi connectivity index (χ3n) is 19.5. The topological polar surface area (TPSA) is 375 Å². The lowest BCUT2D eigenvalue weighted by Crippen LogP contribution is -2.43. The van der Waals surface area contributed by atoms with E-state index in [4.69, 9.17) is 79.3 Å². The number of amides is 3. The molecule has 0 radical (unpaired) electrons. The van der Waals surface area contributed by atoms with Crippen molar-refractivity contribution >= 4 is 150 Å². The highest BCUT2D eigenvalue weighted by molar-refractivity contribution is 6.35. The maximum Gasteiger partial charge on any atom is 0.341 e. The number of methoxy groups -OCH3 is 2. The molecule has 130 heavy (non-hydrogen) atoms. The van der Waals surface area contributed by atoms with Gasteiger partial charge in [-0.25, -0.2) is 78.4 Å². The number of aromatic nitrogens is 3. The molecule has 0 fully saturated rings. The fraction of sp³-hybridized carbons (Fsp3) is 0.108. The first-order chi connectivity index (χ1) is 61.8. The highest BCUT2D eigenvalue weighted by atomic mass is 35.5. The number of Topliss-reactive ketones (excluding diaryl/α,β-unsaturated/α-hetero) is 2. The minimum Gasteiger partial charge on any atom is -0.480 e. The Morgan fingerprint density at radius 2 is 0.608 bits per heavy atom. The van der Waals surface area contributed by atoms with Gasteiger partial charge in [0.05, 0.1) is 61.6 Å². The van der Waals surface area contributed by atoms with Crippen LogP contribution in [0.15, 0.2) is 195 Å². The molecule has 26 nitrogen and oxygen atoms in total. The summed E-state index contributed by atoms with van der Waals surface area (Å²) in [4.78, 5) is 153. The predicted molar refractivity (Wildman–Crippen MR) is 458 cm³/mol. The quantitative estimate of drug-likeness (QED) is 0.0135. The van der Waals surface area contributed by atoms with E-state index >= 15 is 0 Å². The lowest BCUT2D eigenvalue weighted by Gasteiger charge is -2.19. The predicted octanol–water partition coefficient (Wildman–Crippen LogP) is 19.1. The highest BCUT2D eigenvalue weighted by Gasteiger charge is 2.33. The molecular weight excluding hydrogens is 1770 g/mol. The van der Waals surface area contributed by atoms with Gasteiger partial charge in [0.2, 0.25) is 0 Å². The first kappa shape index (κ1) is 96.0. The summed E-state index contributed by atoms with van der Waals surface area (Å²) in [5.74, 6) is -23.5. The third-order valence-corrected chi connectivity index (χ3v) is 20.5. The SMILES string of the molecule is CC(=O)c1cc(F)c(C(=O)O)c(F)c1.[C-]#[N+]c1ccc(-c2ccc(C[C@H](NC(=O)c3c(F)cc(C(=O)O)cc3F)C(=O)O)c3cccnc23)c(Cl)c1.[C-]#[N+]c1ccc(-c2ccc(C[C@H](NC(=O)c3c(F)cc(C(=O)O)cc3F)C(=O)OC)c3cccnc23)c(Cl)c1.[C-]#[N+]c1ccc(-c2ccc(C[C@H](NC(=O)c3c(F)cc(C(C)=O)cc3F)C(=O)OC)c3cccnc23)c(Cl)c1. The van der Waals surface area contributed by atoms with Gasteiger partial charge in [-0.15, -0.1) is 0 Å². The number of hydrogen-bond acceptors (Lipinski definition) is 16. The molecule has 13 aromatic rings. The van der Waals surface area contributed by atoms with E-state index in [9.17, 15) is 93.0 Å². The smallest absolute Gasteiger partial charge is 0.341 e. The number of rotatable bonds is 23. The number of carboxylic acid groups (broad SMARTS) is 4. The van der Waals surface area contributed by atoms with Gasteiger partial charge < -0.3 is 45.9 Å². The van der Waals surface area contributed by atoms with Crippen LogP contribution in [0.3, 0.4) is 0 Å². The monoisotopic (exact) mass is 1830 g/mol. The number of aromatic carboxylic acids is 3. The number of carbonyl (C=O) groups excluding carboxylic acids is 7. The van der Waals surface area contributed by atoms with Crippen LogP contribution in [0.2, 0.25) is 15.1 Å². The van der Waals surface area contributed by atoms with Crippen LogP contribution in [0.5, 0.6) is 0 Å². The third kappa shape index (κ3) is 22.2. The molecule has 0 spiro atoms. The van der Waals surface area contributed by atoms with Gasteiger partial charge in [-0.1, -0.05) is 126 Å². The molecule has 37 heteroatoms. The molecular formula is C93H60Cl3F8N9O17. The van der Waals surface area contributed by atoms with E-state index in [2.05, 4.69) is 45.4 Å². The summed E-state index contributed by atoms with van der Waals surface area (Å²) in [7, 11) is 2.23. The molecule has 3 atom stereocenters. The second-order valence-corrected chi connectivity index (χ2v) is 28.9. The van der Waals surface area contributed by atoms with Crippen molar-refractivity contribution in [3.8, 4) is 33.4 Å². The van der Waals surface area contributed by atoms with Gasteiger partial charge in [0.1, 0.15) is 86.9 Å². The Balaban J connectivity index is 0.000000188. The van der Waals surface area contributed by atoms with Gasteiger partial charge in [0, 0.05) is 96.9 Å². The molecule has 7 N–H and O–H groups in total. The van der Waals surface area contributed by atoms with Crippen LogP contribution in [0.4, 0.5) is 52.2 Å². The molecule has 0 bridgehead atoms. The summed E-state index contributed by atoms with van der Waals surface area (Å²) >= 11 is 19.2. The Hall–Kier alpha value is -16.2. The van der Waals surface area contributed by atoms with Gasteiger partial charge >= 0.3 is 35.8 Å². The summed E-state index contributed by atoms with van der Waals surface area (Å²) in [5.41, 5.74) is 2.30. The molecule has 0 unspecified atom stereocenters. The minimum atomic E-state index is -1.70. The minimum absolute atomic E-state index is 0.0833. The van der Waals surface area contributed by atoms with E-state index in [1.807, 2.05) is 0 Å². The first-order valence-corrected chi connectivity index (χ1v) is 38.6. The Bertz CT molecular complexity index is 6670. The number of benzene rings is 10. The molecule has 0 aliphatic heterocycles. The first-order valence-electron chi connectivity index (χ1n) is 37.4. The molecule has 13 rings (SSSR count). The second kappa shape index (κ2) is 42.2. The Morgan fingerprint density at radius 1 is 0.354 bits per heavy atom. The van der Waals surface area contributed by atoms with Crippen LogP contribution < -0.4 is 16.0 Å². The molecule has 0 saturated carbocycles. The number of pyridine rings is 3. The van der Waals surface area contributed by atoms with Crippen molar-refractivity contribution < 1.29 is 118 Å². The second-order valence-electron chi connectivity index (χ2n) is 27.7. The van der Waals surface area contributed by atoms with E-state index in [1.165, 1.54) is 12.1 Å². The zero-order valence-corrected chi connectivity index (χ0v) is 69.5. The summed E-state index contributed by atoms with van der Waals surface area (Å²) in [6, 6.07) is 35.7. The molecule has 3 heterocycles. The van der Waals surface area contributed by atoms with Crippen LogP contribution in [-0.4, -0.2) is 133 Å². The number of nitrogens with one attached hydrogen (secondary N) is 3. The van der Waals surface area contributed by atoms with Crippen molar-refractivity contribution in [1.82, 2.24) is 30.9 Å². The number of fused-ring (bicyclic) bond motifs is 3. The van der Waals surface area contributed by atoms with Gasteiger partial charge in [-0.05, 0) is 132 Å². The number of esters is 2. The Morgan fingerprint density at radius 3 is 0.846 bits per heavy atom. The zero-order chi connectivity index (χ0) is 95.0. The van der Waals surface area contributed by atoms with Gasteiger partial charge in [-0.2, -0.15) is 0 Å². The van der Waals surface area contributed by atoms with Crippen LogP contribution in [0, 0.1) is 66.3 Å². The van der Waals surface area contributed by atoms with E-state index in [0.717, 1.165) is 40.2 Å². The fourth-order valence-electron chi connectivity index (χ4n) is 13.3. The highest BCUT2D eigenvalue weighted by Crippen LogP contribution is 2.41. The maximum absolute atomic E-state index is 14.6. The Labute approximate surface area is 744 Å². The van der Waals surface area contributed by atoms with Crippen LogP contribution in [0.1, 0.15) is 113 Å². The van der Waals surface area contributed by atoms with Crippen molar-refractivity contribution in [1.29, 1.82) is 0 Å². The molecule has 656 valence electrons.